The Kier molecular flexibility index (Phi) is 3.01. The monoisotopic (exact) mass is 257 g/mol. The van der Waals surface area contributed by atoms with Crippen LogP contribution in [0.5, 0.6) is 0 Å². The standard InChI is InChI=1S/C12H11N5S/c1-4-13-5-2-10(1)9-17-7-3-11(16-17)15-12-14-6-8-18-12/h1-8H,9H2,(H,14,15,16). The Morgan fingerprint density at radius 1 is 1.17 bits per heavy atom. The van der Waals surface area contributed by atoms with E-state index in [0.717, 1.165) is 17.5 Å². The van der Waals surface area contributed by atoms with E-state index in [2.05, 4.69) is 20.4 Å². The number of thiazole rings is 1. The van der Waals surface area contributed by atoms with E-state index < -0.39 is 0 Å². The van der Waals surface area contributed by atoms with Crippen molar-refractivity contribution in [1.82, 2.24) is 19.7 Å². The average molecular weight is 257 g/mol. The molecule has 6 heteroatoms. The van der Waals surface area contributed by atoms with Gasteiger partial charge in [-0.05, 0) is 17.7 Å². The highest BCUT2D eigenvalue weighted by atomic mass is 32.1. The first kappa shape index (κ1) is 10.9. The second-order valence-corrected chi connectivity index (χ2v) is 4.61. The van der Waals surface area contributed by atoms with Gasteiger partial charge in [0, 0.05) is 36.2 Å². The zero-order chi connectivity index (χ0) is 12.2. The molecule has 3 rings (SSSR count). The van der Waals surface area contributed by atoms with Gasteiger partial charge in [0.2, 0.25) is 0 Å². The number of pyridine rings is 1. The number of nitrogens with zero attached hydrogens (tertiary/aromatic N) is 4. The van der Waals surface area contributed by atoms with Crippen LogP contribution in [0.15, 0.2) is 48.4 Å². The third kappa shape index (κ3) is 2.54. The minimum Gasteiger partial charge on any atom is -0.315 e. The molecule has 18 heavy (non-hydrogen) atoms. The summed E-state index contributed by atoms with van der Waals surface area (Å²) < 4.78 is 1.88. The summed E-state index contributed by atoms with van der Waals surface area (Å²) in [5.41, 5.74) is 1.17. The molecule has 3 aromatic rings. The predicted molar refractivity (Wildman–Crippen MR) is 71.0 cm³/mol. The molecular weight excluding hydrogens is 246 g/mol. The molecule has 1 N–H and O–H groups in total. The van der Waals surface area contributed by atoms with Gasteiger partial charge < -0.3 is 5.32 Å². The van der Waals surface area contributed by atoms with Crippen molar-refractivity contribution >= 4 is 22.3 Å². The van der Waals surface area contributed by atoms with Crippen LogP contribution >= 0.6 is 11.3 Å². The number of anilines is 2. The second kappa shape index (κ2) is 4.97. The largest absolute Gasteiger partial charge is 0.315 e. The number of hydrogen-bond acceptors (Lipinski definition) is 5. The minimum atomic E-state index is 0.738. The second-order valence-electron chi connectivity index (χ2n) is 3.72. The third-order valence-corrected chi connectivity index (χ3v) is 3.09. The van der Waals surface area contributed by atoms with E-state index >= 15 is 0 Å². The normalized spacial score (nSPS) is 10.4. The van der Waals surface area contributed by atoms with Crippen LogP contribution in [0, 0.1) is 0 Å². The van der Waals surface area contributed by atoms with E-state index in [9.17, 15) is 0 Å². The topological polar surface area (TPSA) is 55.6 Å². The zero-order valence-corrected chi connectivity index (χ0v) is 10.3. The Morgan fingerprint density at radius 3 is 2.83 bits per heavy atom. The van der Waals surface area contributed by atoms with Crippen molar-refractivity contribution < 1.29 is 0 Å². The zero-order valence-electron chi connectivity index (χ0n) is 9.52. The van der Waals surface area contributed by atoms with Crippen LogP contribution in [-0.4, -0.2) is 19.7 Å². The van der Waals surface area contributed by atoms with Gasteiger partial charge in [-0.2, -0.15) is 5.10 Å². The van der Waals surface area contributed by atoms with Crippen molar-refractivity contribution in [3.8, 4) is 0 Å². The molecule has 0 fully saturated rings. The molecule has 0 aliphatic carbocycles. The first-order valence-electron chi connectivity index (χ1n) is 5.49. The predicted octanol–water partition coefficient (Wildman–Crippen LogP) is 2.53. The van der Waals surface area contributed by atoms with Gasteiger partial charge in [-0.25, -0.2) is 4.98 Å². The molecule has 0 aliphatic rings. The Balaban J connectivity index is 1.70. The van der Waals surface area contributed by atoms with Crippen molar-refractivity contribution in [2.24, 2.45) is 0 Å². The summed E-state index contributed by atoms with van der Waals surface area (Å²) in [6.45, 7) is 0.738. The fourth-order valence-electron chi connectivity index (χ4n) is 1.59. The average Bonchev–Trinajstić information content (AvgIpc) is 3.03. The summed E-state index contributed by atoms with van der Waals surface area (Å²) in [7, 11) is 0. The van der Waals surface area contributed by atoms with Gasteiger partial charge in [0.05, 0.1) is 6.54 Å². The lowest BCUT2D eigenvalue weighted by Gasteiger charge is -2.01. The lowest BCUT2D eigenvalue weighted by molar-refractivity contribution is 0.689. The summed E-state index contributed by atoms with van der Waals surface area (Å²) in [6, 6.07) is 5.90. The first-order valence-corrected chi connectivity index (χ1v) is 6.37. The number of hydrogen-bond donors (Lipinski definition) is 1. The van der Waals surface area contributed by atoms with Crippen LogP contribution in [0.1, 0.15) is 5.56 Å². The van der Waals surface area contributed by atoms with Crippen molar-refractivity contribution in [2.45, 2.75) is 6.54 Å². The molecule has 0 saturated carbocycles. The van der Waals surface area contributed by atoms with E-state index in [1.54, 1.807) is 29.9 Å². The molecule has 0 atom stereocenters. The van der Waals surface area contributed by atoms with Crippen LogP contribution in [0.3, 0.4) is 0 Å². The Labute approximate surface area is 108 Å². The van der Waals surface area contributed by atoms with Crippen LogP contribution in [0.2, 0.25) is 0 Å². The molecule has 0 radical (unpaired) electrons. The van der Waals surface area contributed by atoms with Gasteiger partial charge in [-0.15, -0.1) is 11.3 Å². The minimum absolute atomic E-state index is 0.738. The Hall–Kier alpha value is -2.21. The van der Waals surface area contributed by atoms with Crippen molar-refractivity contribution in [2.75, 3.05) is 5.32 Å². The molecule has 0 spiro atoms. The van der Waals surface area contributed by atoms with Crippen LogP contribution in [-0.2, 0) is 6.54 Å². The SMILES string of the molecule is c1cc(Cn2ccc(Nc3nccs3)n2)ccn1. The molecule has 3 aromatic heterocycles. The molecule has 0 saturated heterocycles. The smallest absolute Gasteiger partial charge is 0.188 e. The number of nitrogens with one attached hydrogen (secondary N) is 1. The highest BCUT2D eigenvalue weighted by molar-refractivity contribution is 7.13. The van der Waals surface area contributed by atoms with Gasteiger partial charge in [0.1, 0.15) is 0 Å². The summed E-state index contributed by atoms with van der Waals surface area (Å²) in [6.07, 6.45) is 7.28. The third-order valence-electron chi connectivity index (χ3n) is 2.40. The van der Waals surface area contributed by atoms with Gasteiger partial charge in [0.15, 0.2) is 10.9 Å². The maximum Gasteiger partial charge on any atom is 0.188 e. The molecule has 3 heterocycles. The van der Waals surface area contributed by atoms with Crippen LogP contribution in [0.25, 0.3) is 0 Å². The van der Waals surface area contributed by atoms with E-state index in [1.165, 1.54) is 5.56 Å². The fraction of sp³-hybridized carbons (Fsp3) is 0.0833. The molecule has 0 unspecified atom stereocenters. The lowest BCUT2D eigenvalue weighted by atomic mass is 10.3. The fourth-order valence-corrected chi connectivity index (χ4v) is 2.12. The first-order chi connectivity index (χ1) is 8.90. The summed E-state index contributed by atoms with van der Waals surface area (Å²) in [5, 5.41) is 10.4. The Bertz CT molecular complexity index is 602. The van der Waals surface area contributed by atoms with Gasteiger partial charge in [-0.3, -0.25) is 9.67 Å². The van der Waals surface area contributed by atoms with Crippen LogP contribution in [0.4, 0.5) is 10.9 Å². The summed E-state index contributed by atoms with van der Waals surface area (Å²) >= 11 is 1.55. The van der Waals surface area contributed by atoms with E-state index in [-0.39, 0.29) is 0 Å². The highest BCUT2D eigenvalue weighted by Gasteiger charge is 2.01. The van der Waals surface area contributed by atoms with E-state index in [0.29, 0.717) is 0 Å². The molecule has 90 valence electrons. The lowest BCUT2D eigenvalue weighted by Crippen LogP contribution is -2.01. The molecule has 0 aromatic carbocycles. The van der Waals surface area contributed by atoms with Gasteiger partial charge in [0.25, 0.3) is 0 Å². The van der Waals surface area contributed by atoms with Crippen LogP contribution < -0.4 is 5.32 Å². The maximum atomic E-state index is 4.43. The number of rotatable bonds is 4. The van der Waals surface area contributed by atoms with E-state index in [4.69, 9.17) is 0 Å². The molecule has 5 nitrogen and oxygen atoms in total. The quantitative estimate of drug-likeness (QED) is 0.780. The molecule has 0 amide bonds. The summed E-state index contributed by atoms with van der Waals surface area (Å²) in [5.74, 6) is 0.805. The van der Waals surface area contributed by atoms with Crippen molar-refractivity contribution in [3.63, 3.8) is 0 Å². The van der Waals surface area contributed by atoms with Crippen molar-refractivity contribution in [1.29, 1.82) is 0 Å². The van der Waals surface area contributed by atoms with E-state index in [1.807, 2.05) is 34.5 Å². The molecular formula is C12H11N5S. The summed E-state index contributed by atoms with van der Waals surface area (Å²) in [4.78, 5) is 8.15. The van der Waals surface area contributed by atoms with Crippen molar-refractivity contribution in [3.05, 3.63) is 53.9 Å². The molecule has 0 aliphatic heterocycles. The van der Waals surface area contributed by atoms with Gasteiger partial charge in [-0.1, -0.05) is 0 Å². The number of aromatic nitrogens is 4. The van der Waals surface area contributed by atoms with Gasteiger partial charge >= 0.3 is 0 Å². The Morgan fingerprint density at radius 2 is 2.06 bits per heavy atom. The maximum absolute atomic E-state index is 4.43. The molecule has 0 bridgehead atoms. The highest BCUT2D eigenvalue weighted by Crippen LogP contribution is 2.16.